The standard InChI is InChI=1S/C19H21N3O5/c1-11-2-7-14(18(24)21-11)19(25)22-15-8-9-26-10-16(15)27-13-5-3-12(4-6-13)17(20)23/h2-7,15-16H,8-10H2,1H3,(H2,20,23)(H,21,24)(H,22,25)/t15-,16-/m1/s1. The Labute approximate surface area is 155 Å². The predicted molar refractivity (Wildman–Crippen MR) is 97.9 cm³/mol. The molecule has 1 fully saturated rings. The molecule has 1 aromatic heterocycles. The molecule has 8 heteroatoms. The Morgan fingerprint density at radius 2 is 1.96 bits per heavy atom. The summed E-state index contributed by atoms with van der Waals surface area (Å²) in [6.45, 7) is 2.53. The summed E-state index contributed by atoms with van der Waals surface area (Å²) in [5.74, 6) is -0.445. The molecule has 0 radical (unpaired) electrons. The molecule has 0 saturated carbocycles. The average Bonchev–Trinajstić information content (AvgIpc) is 2.63. The third-order valence-electron chi connectivity index (χ3n) is 4.35. The molecule has 0 aliphatic carbocycles. The van der Waals surface area contributed by atoms with Gasteiger partial charge in [-0.05, 0) is 49.7 Å². The van der Waals surface area contributed by atoms with Crippen LogP contribution in [0, 0.1) is 6.92 Å². The summed E-state index contributed by atoms with van der Waals surface area (Å²) in [4.78, 5) is 38.2. The van der Waals surface area contributed by atoms with Gasteiger partial charge < -0.3 is 25.5 Å². The molecule has 1 aromatic carbocycles. The van der Waals surface area contributed by atoms with Crippen molar-refractivity contribution in [3.63, 3.8) is 0 Å². The summed E-state index contributed by atoms with van der Waals surface area (Å²) in [5, 5.41) is 2.86. The Kier molecular flexibility index (Phi) is 5.56. The minimum absolute atomic E-state index is 0.0525. The minimum atomic E-state index is -0.518. The van der Waals surface area contributed by atoms with Crippen LogP contribution in [-0.4, -0.2) is 42.2 Å². The molecule has 1 aliphatic rings. The van der Waals surface area contributed by atoms with Crippen LogP contribution in [0.3, 0.4) is 0 Å². The number of hydrogen-bond donors (Lipinski definition) is 3. The monoisotopic (exact) mass is 371 g/mol. The highest BCUT2D eigenvalue weighted by atomic mass is 16.5. The maximum Gasteiger partial charge on any atom is 0.260 e. The normalized spacial score (nSPS) is 19.3. The van der Waals surface area contributed by atoms with Gasteiger partial charge in [-0.15, -0.1) is 0 Å². The van der Waals surface area contributed by atoms with Crippen LogP contribution in [0.5, 0.6) is 5.75 Å². The van der Waals surface area contributed by atoms with Gasteiger partial charge >= 0.3 is 0 Å². The lowest BCUT2D eigenvalue weighted by molar-refractivity contribution is -0.0135. The molecule has 1 saturated heterocycles. The molecule has 27 heavy (non-hydrogen) atoms. The van der Waals surface area contributed by atoms with Gasteiger partial charge in [-0.3, -0.25) is 14.4 Å². The fourth-order valence-electron chi connectivity index (χ4n) is 2.86. The molecule has 3 rings (SSSR count). The number of aromatic nitrogens is 1. The van der Waals surface area contributed by atoms with Crippen molar-refractivity contribution in [1.82, 2.24) is 10.3 Å². The van der Waals surface area contributed by atoms with Gasteiger partial charge in [0.1, 0.15) is 17.4 Å². The summed E-state index contributed by atoms with van der Waals surface area (Å²) in [6, 6.07) is 9.27. The zero-order chi connectivity index (χ0) is 19.4. The van der Waals surface area contributed by atoms with Gasteiger partial charge in [0.15, 0.2) is 0 Å². The molecule has 2 aromatic rings. The number of rotatable bonds is 5. The fraction of sp³-hybridized carbons (Fsp3) is 0.316. The second-order valence-electron chi connectivity index (χ2n) is 6.37. The number of nitrogens with one attached hydrogen (secondary N) is 2. The maximum atomic E-state index is 12.5. The van der Waals surface area contributed by atoms with Gasteiger partial charge in [0.2, 0.25) is 5.91 Å². The van der Waals surface area contributed by atoms with Gasteiger partial charge in [-0.2, -0.15) is 0 Å². The van der Waals surface area contributed by atoms with E-state index < -0.39 is 23.5 Å². The largest absolute Gasteiger partial charge is 0.486 e. The summed E-state index contributed by atoms with van der Waals surface area (Å²) in [6.07, 6.45) is 0.131. The molecule has 0 bridgehead atoms. The average molecular weight is 371 g/mol. The molecular formula is C19H21N3O5. The van der Waals surface area contributed by atoms with Gasteiger partial charge in [-0.1, -0.05) is 0 Å². The lowest BCUT2D eigenvalue weighted by atomic mass is 10.1. The number of nitrogens with two attached hydrogens (primary N) is 1. The number of amides is 2. The number of carbonyl (C=O) groups excluding carboxylic acids is 2. The van der Waals surface area contributed by atoms with E-state index in [1.807, 2.05) is 0 Å². The second-order valence-corrected chi connectivity index (χ2v) is 6.37. The van der Waals surface area contributed by atoms with E-state index in [0.717, 1.165) is 0 Å². The molecule has 4 N–H and O–H groups in total. The number of benzene rings is 1. The maximum absolute atomic E-state index is 12.5. The molecule has 0 unspecified atom stereocenters. The van der Waals surface area contributed by atoms with Crippen molar-refractivity contribution in [2.24, 2.45) is 5.73 Å². The zero-order valence-corrected chi connectivity index (χ0v) is 14.9. The van der Waals surface area contributed by atoms with Crippen LogP contribution >= 0.6 is 0 Å². The summed E-state index contributed by atoms with van der Waals surface area (Å²) in [7, 11) is 0. The number of ether oxygens (including phenoxy) is 2. The first-order valence-electron chi connectivity index (χ1n) is 8.59. The number of primary amides is 1. The SMILES string of the molecule is Cc1ccc(C(=O)N[C@@H]2CCOC[C@H]2Oc2ccc(C(N)=O)cc2)c(=O)[nH]1. The Balaban J connectivity index is 1.70. The number of hydrogen-bond acceptors (Lipinski definition) is 5. The van der Waals surface area contributed by atoms with Crippen LogP contribution in [0.2, 0.25) is 0 Å². The molecule has 2 atom stereocenters. The van der Waals surface area contributed by atoms with Crippen LogP contribution in [0.25, 0.3) is 0 Å². The Hall–Kier alpha value is -3.13. The Morgan fingerprint density at radius 3 is 2.63 bits per heavy atom. The molecular weight excluding hydrogens is 350 g/mol. The van der Waals surface area contributed by atoms with Crippen molar-refractivity contribution in [3.8, 4) is 5.75 Å². The first-order chi connectivity index (χ1) is 12.9. The smallest absolute Gasteiger partial charge is 0.260 e. The Morgan fingerprint density at radius 1 is 1.22 bits per heavy atom. The van der Waals surface area contributed by atoms with Crippen molar-refractivity contribution in [1.29, 1.82) is 0 Å². The van der Waals surface area contributed by atoms with Crippen LogP contribution in [-0.2, 0) is 4.74 Å². The highest BCUT2D eigenvalue weighted by Gasteiger charge is 2.29. The van der Waals surface area contributed by atoms with Crippen LogP contribution in [0.15, 0.2) is 41.2 Å². The van der Waals surface area contributed by atoms with E-state index in [1.54, 1.807) is 37.3 Å². The van der Waals surface area contributed by atoms with E-state index in [0.29, 0.717) is 36.6 Å². The number of aromatic amines is 1. The highest BCUT2D eigenvalue weighted by molar-refractivity contribution is 5.94. The third-order valence-corrected chi connectivity index (χ3v) is 4.35. The number of H-pyrrole nitrogens is 1. The molecule has 1 aliphatic heterocycles. The van der Waals surface area contributed by atoms with Crippen molar-refractivity contribution < 1.29 is 19.1 Å². The summed E-state index contributed by atoms with van der Waals surface area (Å²) >= 11 is 0. The first kappa shape index (κ1) is 18.7. The molecule has 2 amide bonds. The fourth-order valence-corrected chi connectivity index (χ4v) is 2.86. The van der Waals surface area contributed by atoms with E-state index in [2.05, 4.69) is 10.3 Å². The van der Waals surface area contributed by atoms with E-state index in [-0.39, 0.29) is 11.6 Å². The number of pyridine rings is 1. The molecule has 0 spiro atoms. The van der Waals surface area contributed by atoms with Crippen molar-refractivity contribution >= 4 is 11.8 Å². The van der Waals surface area contributed by atoms with Crippen LogP contribution in [0.1, 0.15) is 32.8 Å². The van der Waals surface area contributed by atoms with Gasteiger partial charge in [0, 0.05) is 17.9 Å². The van der Waals surface area contributed by atoms with Gasteiger partial charge in [0.05, 0.1) is 12.6 Å². The van der Waals surface area contributed by atoms with Crippen LogP contribution in [0.4, 0.5) is 0 Å². The summed E-state index contributed by atoms with van der Waals surface area (Å²) < 4.78 is 11.4. The van der Waals surface area contributed by atoms with Crippen molar-refractivity contribution in [2.45, 2.75) is 25.5 Å². The Bertz CT molecular complexity index is 891. The van der Waals surface area contributed by atoms with Gasteiger partial charge in [-0.25, -0.2) is 0 Å². The van der Waals surface area contributed by atoms with E-state index >= 15 is 0 Å². The van der Waals surface area contributed by atoms with E-state index in [4.69, 9.17) is 15.2 Å². The zero-order valence-electron chi connectivity index (χ0n) is 14.9. The molecule has 142 valence electrons. The van der Waals surface area contributed by atoms with E-state index in [1.165, 1.54) is 6.07 Å². The molecule has 8 nitrogen and oxygen atoms in total. The van der Waals surface area contributed by atoms with Crippen LogP contribution < -0.4 is 21.3 Å². The lowest BCUT2D eigenvalue weighted by Gasteiger charge is -2.32. The number of carbonyl (C=O) groups is 2. The second kappa shape index (κ2) is 8.05. The van der Waals surface area contributed by atoms with Crippen molar-refractivity contribution in [3.05, 3.63) is 63.6 Å². The highest BCUT2D eigenvalue weighted by Crippen LogP contribution is 2.19. The van der Waals surface area contributed by atoms with Crippen molar-refractivity contribution in [2.75, 3.05) is 13.2 Å². The first-order valence-corrected chi connectivity index (χ1v) is 8.59. The third kappa shape index (κ3) is 4.53. The lowest BCUT2D eigenvalue weighted by Crippen LogP contribution is -2.52. The summed E-state index contributed by atoms with van der Waals surface area (Å²) in [5.41, 5.74) is 5.91. The number of aryl methyl sites for hydroxylation is 1. The molecule has 2 heterocycles. The van der Waals surface area contributed by atoms with Gasteiger partial charge in [0.25, 0.3) is 11.5 Å². The van der Waals surface area contributed by atoms with E-state index in [9.17, 15) is 14.4 Å². The quantitative estimate of drug-likeness (QED) is 0.715. The minimum Gasteiger partial charge on any atom is -0.486 e. The predicted octanol–water partition coefficient (Wildman–Crippen LogP) is 0.749. The topological polar surface area (TPSA) is 124 Å².